The largest absolute Gasteiger partial charge is 0.478 e. The molecule has 3 fully saturated rings. The van der Waals surface area contributed by atoms with Crippen molar-refractivity contribution in [3.8, 4) is 5.75 Å². The van der Waals surface area contributed by atoms with Gasteiger partial charge in [-0.15, -0.1) is 0 Å². The van der Waals surface area contributed by atoms with Gasteiger partial charge in [-0.3, -0.25) is 9.59 Å². The standard InChI is InChI=1S/C27H29ClF4N4O3/c1-26(2,39-20-7-4-15(28)9-19(20)23(29)30)25(38)34-16-10-17-5-6-18(11-16)36(17)22-8-3-14(13-33-22)24(37)35-21-12-27(21,31)32/h3-4,7-9,13,16-18,21,23H,5-6,10-12H2,1-2H3,(H,34,38)(H,35,37)/t16?,17-,18+,21?. The lowest BCUT2D eigenvalue weighted by Gasteiger charge is -2.41. The van der Waals surface area contributed by atoms with Gasteiger partial charge in [0.1, 0.15) is 11.6 Å². The number of anilines is 1. The fraction of sp³-hybridized carbons (Fsp3) is 0.519. The number of ether oxygens (including phenoxy) is 1. The second-order valence-corrected chi connectivity index (χ2v) is 11.4. The van der Waals surface area contributed by atoms with E-state index in [0.29, 0.717) is 18.7 Å². The van der Waals surface area contributed by atoms with Crippen LogP contribution in [0.4, 0.5) is 23.4 Å². The van der Waals surface area contributed by atoms with Crippen molar-refractivity contribution >= 4 is 29.2 Å². The van der Waals surface area contributed by atoms with Gasteiger partial charge in [0.2, 0.25) is 0 Å². The van der Waals surface area contributed by atoms with Gasteiger partial charge in [0.15, 0.2) is 5.60 Å². The molecule has 2 bridgehead atoms. The zero-order chi connectivity index (χ0) is 28.1. The lowest BCUT2D eigenvalue weighted by Crippen LogP contribution is -2.55. The number of carbonyl (C=O) groups excluding carboxylic acids is 2. The predicted molar refractivity (Wildman–Crippen MR) is 137 cm³/mol. The van der Waals surface area contributed by atoms with Crippen molar-refractivity contribution in [3.63, 3.8) is 0 Å². The van der Waals surface area contributed by atoms with Crippen LogP contribution in [0, 0.1) is 0 Å². The summed E-state index contributed by atoms with van der Waals surface area (Å²) >= 11 is 5.84. The maximum absolute atomic E-state index is 13.5. The number of hydrogen-bond acceptors (Lipinski definition) is 5. The van der Waals surface area contributed by atoms with Crippen LogP contribution in [-0.4, -0.2) is 52.5 Å². The molecule has 1 aromatic heterocycles. The Balaban J connectivity index is 1.19. The van der Waals surface area contributed by atoms with Crippen molar-refractivity contribution in [1.82, 2.24) is 15.6 Å². The van der Waals surface area contributed by atoms with Gasteiger partial charge in [-0.25, -0.2) is 22.5 Å². The fourth-order valence-electron chi connectivity index (χ4n) is 5.42. The van der Waals surface area contributed by atoms with E-state index in [4.69, 9.17) is 16.3 Å². The Morgan fingerprint density at radius 1 is 1.13 bits per heavy atom. The molecule has 0 radical (unpaired) electrons. The van der Waals surface area contributed by atoms with Gasteiger partial charge in [0.05, 0.1) is 17.2 Å². The van der Waals surface area contributed by atoms with E-state index < -0.39 is 35.8 Å². The Bertz CT molecular complexity index is 1250. The van der Waals surface area contributed by atoms with Gasteiger partial charge in [0.25, 0.3) is 24.2 Å². The average molecular weight is 569 g/mol. The highest BCUT2D eigenvalue weighted by Gasteiger charge is 2.58. The molecule has 2 saturated heterocycles. The van der Waals surface area contributed by atoms with Crippen molar-refractivity contribution in [2.24, 2.45) is 0 Å². The molecule has 4 atom stereocenters. The summed E-state index contributed by atoms with van der Waals surface area (Å²) in [6, 6.07) is 6.14. The fourth-order valence-corrected chi connectivity index (χ4v) is 5.60. The number of halogens is 5. The van der Waals surface area contributed by atoms with Gasteiger partial charge in [-0.1, -0.05) is 11.6 Å². The normalized spacial score (nSPS) is 25.4. The minimum Gasteiger partial charge on any atom is -0.478 e. The SMILES string of the molecule is CC(C)(Oc1ccc(Cl)cc1C(F)F)C(=O)NC1C[C@H]2CC[C@@H](C1)N2c1ccc(C(=O)NC2CC2(F)F)cn1. The van der Waals surface area contributed by atoms with E-state index in [0.717, 1.165) is 18.9 Å². The first kappa shape index (κ1) is 27.5. The number of nitrogens with one attached hydrogen (secondary N) is 2. The highest BCUT2D eigenvalue weighted by atomic mass is 35.5. The van der Waals surface area contributed by atoms with Crippen molar-refractivity contribution < 1.29 is 31.9 Å². The molecular weight excluding hydrogens is 540 g/mol. The van der Waals surface area contributed by atoms with E-state index in [-0.39, 0.29) is 46.4 Å². The minimum absolute atomic E-state index is 0.0986. The van der Waals surface area contributed by atoms with E-state index in [2.05, 4.69) is 20.5 Å². The summed E-state index contributed by atoms with van der Waals surface area (Å²) in [5.41, 5.74) is -1.57. The number of fused-ring (bicyclic) bond motifs is 2. The molecular formula is C27H29ClF4N4O3. The Hall–Kier alpha value is -3.08. The van der Waals surface area contributed by atoms with Gasteiger partial charge in [-0.05, 0) is 69.9 Å². The van der Waals surface area contributed by atoms with Crippen molar-refractivity contribution in [2.45, 2.75) is 88.1 Å². The van der Waals surface area contributed by atoms with Crippen LogP contribution >= 0.6 is 11.6 Å². The number of nitrogens with zero attached hydrogens (tertiary/aromatic N) is 2. The Kier molecular flexibility index (Phi) is 7.15. The van der Waals surface area contributed by atoms with E-state index in [1.165, 1.54) is 32.2 Å². The van der Waals surface area contributed by atoms with Crippen LogP contribution in [-0.2, 0) is 4.79 Å². The summed E-state index contributed by atoms with van der Waals surface area (Å²) < 4.78 is 58.9. The number of alkyl halides is 4. The number of pyridine rings is 1. The third kappa shape index (κ3) is 5.78. The molecule has 12 heteroatoms. The average Bonchev–Trinajstić information content (AvgIpc) is 3.38. The van der Waals surface area contributed by atoms with Gasteiger partial charge in [0, 0.05) is 35.8 Å². The summed E-state index contributed by atoms with van der Waals surface area (Å²) in [6.07, 6.45) is 1.35. The van der Waals surface area contributed by atoms with E-state index in [9.17, 15) is 27.2 Å². The van der Waals surface area contributed by atoms with E-state index in [1.807, 2.05) is 0 Å². The minimum atomic E-state index is -2.84. The van der Waals surface area contributed by atoms with Crippen LogP contribution in [0.1, 0.15) is 68.3 Å². The molecule has 0 spiro atoms. The summed E-state index contributed by atoms with van der Waals surface area (Å²) in [5, 5.41) is 5.49. The number of benzene rings is 1. The number of piperidine rings is 1. The number of aromatic nitrogens is 1. The predicted octanol–water partition coefficient (Wildman–Crippen LogP) is 5.28. The van der Waals surface area contributed by atoms with Gasteiger partial charge >= 0.3 is 0 Å². The highest BCUT2D eigenvalue weighted by molar-refractivity contribution is 6.30. The first-order chi connectivity index (χ1) is 18.3. The van der Waals surface area contributed by atoms with Crippen LogP contribution in [0.15, 0.2) is 36.5 Å². The molecule has 39 heavy (non-hydrogen) atoms. The van der Waals surface area contributed by atoms with E-state index in [1.54, 1.807) is 12.1 Å². The second kappa shape index (κ2) is 10.1. The number of hydrogen-bond donors (Lipinski definition) is 2. The topological polar surface area (TPSA) is 83.6 Å². The smallest absolute Gasteiger partial charge is 0.270 e. The molecule has 1 aromatic carbocycles. The Morgan fingerprint density at radius 2 is 1.79 bits per heavy atom. The first-order valence-corrected chi connectivity index (χ1v) is 13.2. The molecule has 2 N–H and O–H groups in total. The summed E-state index contributed by atoms with van der Waals surface area (Å²) in [5.74, 6) is -3.24. The molecule has 2 aliphatic heterocycles. The summed E-state index contributed by atoms with van der Waals surface area (Å²) in [7, 11) is 0. The number of carbonyl (C=O) groups is 2. The van der Waals surface area contributed by atoms with Crippen LogP contribution in [0.2, 0.25) is 5.02 Å². The third-order valence-electron chi connectivity index (χ3n) is 7.59. The van der Waals surface area contributed by atoms with Crippen LogP contribution in [0.3, 0.4) is 0 Å². The van der Waals surface area contributed by atoms with Crippen molar-refractivity contribution in [1.29, 1.82) is 0 Å². The lowest BCUT2D eigenvalue weighted by molar-refractivity contribution is -0.135. The van der Waals surface area contributed by atoms with Crippen molar-refractivity contribution in [3.05, 3.63) is 52.7 Å². The summed E-state index contributed by atoms with van der Waals surface area (Å²) in [6.45, 7) is 3.06. The Labute approximate surface area is 228 Å². The zero-order valence-corrected chi connectivity index (χ0v) is 22.2. The quantitative estimate of drug-likeness (QED) is 0.423. The Morgan fingerprint density at radius 3 is 2.36 bits per heavy atom. The highest BCUT2D eigenvalue weighted by Crippen LogP contribution is 2.42. The molecule has 210 valence electrons. The molecule has 3 aliphatic rings. The molecule has 3 heterocycles. The monoisotopic (exact) mass is 568 g/mol. The molecule has 2 unspecified atom stereocenters. The van der Waals surface area contributed by atoms with Crippen LogP contribution in [0.5, 0.6) is 5.75 Å². The molecule has 5 rings (SSSR count). The molecule has 2 aromatic rings. The third-order valence-corrected chi connectivity index (χ3v) is 7.83. The van der Waals surface area contributed by atoms with E-state index >= 15 is 0 Å². The molecule has 7 nitrogen and oxygen atoms in total. The maximum atomic E-state index is 13.5. The zero-order valence-electron chi connectivity index (χ0n) is 21.4. The number of rotatable bonds is 8. The maximum Gasteiger partial charge on any atom is 0.270 e. The summed E-state index contributed by atoms with van der Waals surface area (Å²) in [4.78, 5) is 32.0. The van der Waals surface area contributed by atoms with Crippen LogP contribution in [0.25, 0.3) is 0 Å². The van der Waals surface area contributed by atoms with Crippen LogP contribution < -0.4 is 20.3 Å². The number of amides is 2. The van der Waals surface area contributed by atoms with Gasteiger partial charge in [-0.2, -0.15) is 0 Å². The molecule has 1 aliphatic carbocycles. The lowest BCUT2D eigenvalue weighted by atomic mass is 9.96. The van der Waals surface area contributed by atoms with Crippen molar-refractivity contribution in [2.75, 3.05) is 4.90 Å². The molecule has 1 saturated carbocycles. The molecule has 2 amide bonds. The van der Waals surface area contributed by atoms with Gasteiger partial charge < -0.3 is 20.3 Å². The first-order valence-electron chi connectivity index (χ1n) is 12.8. The second-order valence-electron chi connectivity index (χ2n) is 10.9.